The molecule has 1 heterocycles. The van der Waals surface area contributed by atoms with Crippen LogP contribution in [0, 0.1) is 17.2 Å². The topological polar surface area (TPSA) is 111 Å². The predicted molar refractivity (Wildman–Crippen MR) is 75.6 cm³/mol. The van der Waals surface area contributed by atoms with Crippen LogP contribution in [0.3, 0.4) is 0 Å². The highest BCUT2D eigenvalue weighted by Gasteiger charge is 2.30. The van der Waals surface area contributed by atoms with Crippen molar-refractivity contribution in [2.75, 3.05) is 17.8 Å². The number of anilines is 1. The molecule has 1 aliphatic rings. The maximum absolute atomic E-state index is 12.2. The van der Waals surface area contributed by atoms with E-state index in [1.165, 1.54) is 28.6 Å². The van der Waals surface area contributed by atoms with Crippen LogP contribution in [-0.2, 0) is 15.0 Å². The van der Waals surface area contributed by atoms with E-state index in [0.717, 1.165) is 0 Å². The second-order valence-electron chi connectivity index (χ2n) is 4.81. The van der Waals surface area contributed by atoms with E-state index in [9.17, 15) is 13.2 Å². The summed E-state index contributed by atoms with van der Waals surface area (Å²) in [5.41, 5.74) is 0.814. The number of nitriles is 1. The van der Waals surface area contributed by atoms with Crippen LogP contribution >= 0.6 is 0 Å². The highest BCUT2D eigenvalue weighted by molar-refractivity contribution is 7.90. The van der Waals surface area contributed by atoms with E-state index in [-0.39, 0.29) is 13.1 Å². The maximum atomic E-state index is 12.2. The largest absolute Gasteiger partial charge is 0.481 e. The summed E-state index contributed by atoms with van der Waals surface area (Å²) in [6.07, 6.45) is 0.618. The first-order valence-corrected chi connectivity index (χ1v) is 7.87. The van der Waals surface area contributed by atoms with Gasteiger partial charge in [-0.2, -0.15) is 18.0 Å². The minimum absolute atomic E-state index is 0.183. The van der Waals surface area contributed by atoms with Gasteiger partial charge in [0, 0.05) is 18.8 Å². The lowest BCUT2D eigenvalue weighted by molar-refractivity contribution is -0.142. The SMILES string of the molecule is N#Cc1ccc(NS(=O)(=O)N2CCC(C(=O)O)CC2)cc1. The number of benzene rings is 1. The lowest BCUT2D eigenvalue weighted by Crippen LogP contribution is -2.42. The number of hydrogen-bond acceptors (Lipinski definition) is 4. The Bertz CT molecular complexity index is 656. The number of carboxylic acids is 1. The van der Waals surface area contributed by atoms with Gasteiger partial charge in [-0.05, 0) is 37.1 Å². The number of nitrogens with one attached hydrogen (secondary N) is 1. The summed E-state index contributed by atoms with van der Waals surface area (Å²) in [7, 11) is -3.70. The molecule has 7 nitrogen and oxygen atoms in total. The average molecular weight is 309 g/mol. The Kier molecular flexibility index (Phi) is 4.45. The van der Waals surface area contributed by atoms with Gasteiger partial charge in [0.2, 0.25) is 0 Å². The molecule has 1 fully saturated rings. The molecule has 0 unspecified atom stereocenters. The van der Waals surface area contributed by atoms with Crippen LogP contribution in [0.2, 0.25) is 0 Å². The number of piperidine rings is 1. The molecule has 21 heavy (non-hydrogen) atoms. The van der Waals surface area contributed by atoms with Gasteiger partial charge in [0.05, 0.1) is 17.6 Å². The zero-order chi connectivity index (χ0) is 15.5. The second-order valence-corrected chi connectivity index (χ2v) is 6.48. The van der Waals surface area contributed by atoms with Crippen molar-refractivity contribution in [3.63, 3.8) is 0 Å². The number of carbonyl (C=O) groups is 1. The Hall–Kier alpha value is -2.11. The smallest absolute Gasteiger partial charge is 0.306 e. The summed E-state index contributed by atoms with van der Waals surface area (Å²) in [6.45, 7) is 0.366. The van der Waals surface area contributed by atoms with Crippen molar-refractivity contribution in [3.8, 4) is 6.07 Å². The van der Waals surface area contributed by atoms with Crippen molar-refractivity contribution in [1.82, 2.24) is 4.31 Å². The fourth-order valence-corrected chi connectivity index (χ4v) is 3.42. The van der Waals surface area contributed by atoms with Crippen LogP contribution in [0.1, 0.15) is 18.4 Å². The van der Waals surface area contributed by atoms with Gasteiger partial charge in [-0.15, -0.1) is 0 Å². The minimum Gasteiger partial charge on any atom is -0.481 e. The number of carboxylic acid groups (broad SMARTS) is 1. The normalized spacial score (nSPS) is 17.1. The summed E-state index contributed by atoms with van der Waals surface area (Å²) >= 11 is 0. The van der Waals surface area contributed by atoms with E-state index in [0.29, 0.717) is 24.1 Å². The third-order valence-corrected chi connectivity index (χ3v) is 4.94. The third kappa shape index (κ3) is 3.71. The summed E-state index contributed by atoms with van der Waals surface area (Å²) in [6, 6.07) is 8.03. The van der Waals surface area contributed by atoms with Gasteiger partial charge >= 0.3 is 16.2 Å². The number of aliphatic carboxylic acids is 1. The Morgan fingerprint density at radius 3 is 2.33 bits per heavy atom. The number of nitrogens with zero attached hydrogens (tertiary/aromatic N) is 2. The van der Waals surface area contributed by atoms with Crippen LogP contribution < -0.4 is 4.72 Å². The lowest BCUT2D eigenvalue weighted by Gasteiger charge is -2.29. The molecule has 1 saturated heterocycles. The summed E-state index contributed by atoms with van der Waals surface area (Å²) < 4.78 is 28.0. The van der Waals surface area contributed by atoms with E-state index in [1.54, 1.807) is 0 Å². The Morgan fingerprint density at radius 2 is 1.86 bits per heavy atom. The molecule has 0 radical (unpaired) electrons. The minimum atomic E-state index is -3.70. The van der Waals surface area contributed by atoms with Crippen LogP contribution in [-0.4, -0.2) is 36.9 Å². The molecular weight excluding hydrogens is 294 g/mol. The summed E-state index contributed by atoms with van der Waals surface area (Å²) in [5.74, 6) is -1.36. The number of rotatable bonds is 4. The zero-order valence-corrected chi connectivity index (χ0v) is 12.0. The Morgan fingerprint density at radius 1 is 1.29 bits per heavy atom. The van der Waals surface area contributed by atoms with E-state index < -0.39 is 22.1 Å². The lowest BCUT2D eigenvalue weighted by atomic mass is 9.99. The van der Waals surface area contributed by atoms with E-state index in [1.807, 2.05) is 6.07 Å². The van der Waals surface area contributed by atoms with E-state index in [2.05, 4.69) is 4.72 Å². The molecule has 2 rings (SSSR count). The van der Waals surface area contributed by atoms with E-state index >= 15 is 0 Å². The molecule has 8 heteroatoms. The van der Waals surface area contributed by atoms with Gasteiger partial charge in [-0.3, -0.25) is 9.52 Å². The molecule has 0 aliphatic carbocycles. The van der Waals surface area contributed by atoms with Gasteiger partial charge in [0.15, 0.2) is 0 Å². The molecule has 1 aromatic carbocycles. The molecule has 0 aromatic heterocycles. The molecule has 0 amide bonds. The molecule has 0 spiro atoms. The van der Waals surface area contributed by atoms with Crippen molar-refractivity contribution in [2.45, 2.75) is 12.8 Å². The van der Waals surface area contributed by atoms with E-state index in [4.69, 9.17) is 10.4 Å². The Balaban J connectivity index is 2.02. The monoisotopic (exact) mass is 309 g/mol. The molecule has 1 aromatic rings. The molecule has 1 aliphatic heterocycles. The fourth-order valence-electron chi connectivity index (χ4n) is 2.17. The van der Waals surface area contributed by atoms with Crippen molar-refractivity contribution in [3.05, 3.63) is 29.8 Å². The summed E-state index contributed by atoms with van der Waals surface area (Å²) in [5, 5.41) is 17.6. The first-order chi connectivity index (χ1) is 9.92. The molecule has 112 valence electrons. The van der Waals surface area contributed by atoms with Gasteiger partial charge in [-0.25, -0.2) is 0 Å². The molecule has 0 atom stereocenters. The summed E-state index contributed by atoms with van der Waals surface area (Å²) in [4.78, 5) is 10.9. The molecular formula is C13H15N3O4S. The van der Waals surface area contributed by atoms with Crippen molar-refractivity contribution < 1.29 is 18.3 Å². The second kappa shape index (κ2) is 6.11. The highest BCUT2D eigenvalue weighted by Crippen LogP contribution is 2.21. The Labute approximate surface area is 123 Å². The van der Waals surface area contributed by atoms with Gasteiger partial charge < -0.3 is 5.11 Å². The van der Waals surface area contributed by atoms with Crippen molar-refractivity contribution >= 4 is 21.9 Å². The van der Waals surface area contributed by atoms with Crippen LogP contribution in [0.25, 0.3) is 0 Å². The van der Waals surface area contributed by atoms with Gasteiger partial charge in [0.25, 0.3) is 0 Å². The fraction of sp³-hybridized carbons (Fsp3) is 0.385. The third-order valence-electron chi connectivity index (χ3n) is 3.40. The quantitative estimate of drug-likeness (QED) is 0.862. The maximum Gasteiger partial charge on any atom is 0.306 e. The van der Waals surface area contributed by atoms with Crippen molar-refractivity contribution in [1.29, 1.82) is 5.26 Å². The van der Waals surface area contributed by atoms with Crippen LogP contribution in [0.15, 0.2) is 24.3 Å². The van der Waals surface area contributed by atoms with Gasteiger partial charge in [-0.1, -0.05) is 0 Å². The van der Waals surface area contributed by atoms with Gasteiger partial charge in [0.1, 0.15) is 0 Å². The standard InChI is InChI=1S/C13H15N3O4S/c14-9-10-1-3-12(4-2-10)15-21(19,20)16-7-5-11(6-8-16)13(17)18/h1-4,11,15H,5-8H2,(H,17,18). The molecule has 0 saturated carbocycles. The highest BCUT2D eigenvalue weighted by atomic mass is 32.2. The molecule has 0 bridgehead atoms. The first-order valence-electron chi connectivity index (χ1n) is 6.43. The van der Waals surface area contributed by atoms with Crippen molar-refractivity contribution in [2.24, 2.45) is 5.92 Å². The van der Waals surface area contributed by atoms with Crippen LogP contribution in [0.5, 0.6) is 0 Å². The predicted octanol–water partition coefficient (Wildman–Crippen LogP) is 1.01. The van der Waals surface area contributed by atoms with Crippen LogP contribution in [0.4, 0.5) is 5.69 Å². The first kappa shape index (κ1) is 15.3. The molecule has 2 N–H and O–H groups in total. The average Bonchev–Trinajstić information content (AvgIpc) is 2.48. The number of hydrogen-bond donors (Lipinski definition) is 2. The zero-order valence-electron chi connectivity index (χ0n) is 11.2.